The number of fused-ring (bicyclic) bond motifs is 1. The summed E-state index contributed by atoms with van der Waals surface area (Å²) in [5, 5.41) is 5.01. The van der Waals surface area contributed by atoms with Gasteiger partial charge in [-0.25, -0.2) is 4.39 Å². The topological polar surface area (TPSA) is 84.2 Å². The third-order valence-electron chi connectivity index (χ3n) is 3.02. The van der Waals surface area contributed by atoms with E-state index in [0.29, 0.717) is 24.1 Å². The fraction of sp³-hybridized carbons (Fsp3) is 0.286. The second-order valence-electron chi connectivity index (χ2n) is 4.54. The van der Waals surface area contributed by atoms with Crippen LogP contribution in [0.25, 0.3) is 0 Å². The minimum atomic E-state index is -0.898. The van der Waals surface area contributed by atoms with Gasteiger partial charge < -0.3 is 16.4 Å². The number of halogens is 1. The van der Waals surface area contributed by atoms with Gasteiger partial charge >= 0.3 is 0 Å². The summed E-state index contributed by atoms with van der Waals surface area (Å²) < 4.78 is 13.9. The van der Waals surface area contributed by atoms with Gasteiger partial charge in [0.25, 0.3) is 0 Å². The van der Waals surface area contributed by atoms with Crippen molar-refractivity contribution in [2.45, 2.75) is 25.3 Å². The Labute approximate surface area is 115 Å². The molecule has 0 aromatic heterocycles. The van der Waals surface area contributed by atoms with E-state index in [0.717, 1.165) is 0 Å². The number of nitrogens with one attached hydrogen (secondary N) is 2. The molecule has 1 unspecified atom stereocenters. The zero-order chi connectivity index (χ0) is 14.7. The Morgan fingerprint density at radius 2 is 2.30 bits per heavy atom. The minimum absolute atomic E-state index is 0.0246. The van der Waals surface area contributed by atoms with Crippen molar-refractivity contribution in [2.75, 3.05) is 10.6 Å². The molecule has 104 valence electrons. The highest BCUT2D eigenvalue weighted by Crippen LogP contribution is 2.28. The number of amides is 2. The van der Waals surface area contributed by atoms with Crippen molar-refractivity contribution in [2.24, 2.45) is 5.73 Å². The van der Waals surface area contributed by atoms with Crippen molar-refractivity contribution in [3.8, 4) is 12.3 Å². The fourth-order valence-electron chi connectivity index (χ4n) is 1.94. The molecule has 1 aromatic rings. The molecule has 1 heterocycles. The van der Waals surface area contributed by atoms with Gasteiger partial charge in [-0.2, -0.15) is 0 Å². The molecule has 0 aliphatic carbocycles. The van der Waals surface area contributed by atoms with Gasteiger partial charge in [0.05, 0.1) is 11.7 Å². The maximum absolute atomic E-state index is 13.9. The average Bonchev–Trinajstić information content (AvgIpc) is 2.40. The Bertz CT molecular complexity index is 607. The zero-order valence-corrected chi connectivity index (χ0v) is 10.7. The molecular formula is C14H14FN3O2. The van der Waals surface area contributed by atoms with Gasteiger partial charge in [-0.05, 0) is 24.1 Å². The van der Waals surface area contributed by atoms with Crippen LogP contribution in [0.15, 0.2) is 12.1 Å². The van der Waals surface area contributed by atoms with Gasteiger partial charge in [0.2, 0.25) is 11.8 Å². The fourth-order valence-corrected chi connectivity index (χ4v) is 1.94. The SMILES string of the molecule is C#CCC(N)C(=O)Nc1cc2c(cc1F)CCC(=O)N2. The predicted octanol–water partition coefficient (Wildman–Crippen LogP) is 1.000. The van der Waals surface area contributed by atoms with E-state index in [-0.39, 0.29) is 18.0 Å². The van der Waals surface area contributed by atoms with Crippen LogP contribution in [0, 0.1) is 18.2 Å². The van der Waals surface area contributed by atoms with Crippen LogP contribution in [0.1, 0.15) is 18.4 Å². The summed E-state index contributed by atoms with van der Waals surface area (Å²) in [6, 6.07) is 1.80. The van der Waals surface area contributed by atoms with Gasteiger partial charge in [-0.1, -0.05) is 0 Å². The third kappa shape index (κ3) is 2.95. The van der Waals surface area contributed by atoms with Crippen molar-refractivity contribution in [1.29, 1.82) is 0 Å². The molecular weight excluding hydrogens is 261 g/mol. The minimum Gasteiger partial charge on any atom is -0.326 e. The summed E-state index contributed by atoms with van der Waals surface area (Å²) in [5.41, 5.74) is 6.72. The monoisotopic (exact) mass is 275 g/mol. The number of hydrogen-bond acceptors (Lipinski definition) is 3. The molecule has 0 fully saturated rings. The molecule has 5 nitrogen and oxygen atoms in total. The highest BCUT2D eigenvalue weighted by atomic mass is 19.1. The van der Waals surface area contributed by atoms with Crippen molar-refractivity contribution < 1.29 is 14.0 Å². The van der Waals surface area contributed by atoms with Gasteiger partial charge in [-0.3, -0.25) is 9.59 Å². The lowest BCUT2D eigenvalue weighted by Gasteiger charge is -2.19. The van der Waals surface area contributed by atoms with E-state index in [1.54, 1.807) is 0 Å². The quantitative estimate of drug-likeness (QED) is 0.719. The molecule has 0 radical (unpaired) electrons. The first-order valence-electron chi connectivity index (χ1n) is 6.13. The summed E-state index contributed by atoms with van der Waals surface area (Å²) in [4.78, 5) is 23.0. The summed E-state index contributed by atoms with van der Waals surface area (Å²) in [5.74, 6) is 1.000. The standard InChI is InChI=1S/C14H14FN3O2/c1-2-3-10(16)14(20)18-12-7-11-8(6-9(12)15)4-5-13(19)17-11/h1,6-7,10H,3-5,16H2,(H,17,19)(H,18,20). The van der Waals surface area contributed by atoms with E-state index in [1.165, 1.54) is 12.1 Å². The molecule has 20 heavy (non-hydrogen) atoms. The average molecular weight is 275 g/mol. The summed E-state index contributed by atoms with van der Waals surface area (Å²) in [7, 11) is 0. The van der Waals surface area contributed by atoms with Gasteiger partial charge in [0.15, 0.2) is 0 Å². The lowest BCUT2D eigenvalue weighted by molar-refractivity contribution is -0.117. The van der Waals surface area contributed by atoms with E-state index in [9.17, 15) is 14.0 Å². The Balaban J connectivity index is 2.21. The van der Waals surface area contributed by atoms with Crippen LogP contribution in [0.5, 0.6) is 0 Å². The van der Waals surface area contributed by atoms with E-state index >= 15 is 0 Å². The third-order valence-corrected chi connectivity index (χ3v) is 3.02. The largest absolute Gasteiger partial charge is 0.326 e. The molecule has 0 saturated carbocycles. The van der Waals surface area contributed by atoms with Crippen molar-refractivity contribution in [3.63, 3.8) is 0 Å². The summed E-state index contributed by atoms with van der Waals surface area (Å²) in [6.45, 7) is 0. The van der Waals surface area contributed by atoms with Gasteiger partial charge in [0, 0.05) is 18.5 Å². The first-order chi connectivity index (χ1) is 9.51. The van der Waals surface area contributed by atoms with Crippen LogP contribution < -0.4 is 16.4 Å². The van der Waals surface area contributed by atoms with Crippen molar-refractivity contribution >= 4 is 23.2 Å². The van der Waals surface area contributed by atoms with Crippen LogP contribution in [-0.2, 0) is 16.0 Å². The van der Waals surface area contributed by atoms with E-state index < -0.39 is 17.8 Å². The summed E-state index contributed by atoms with van der Waals surface area (Å²) >= 11 is 0. The van der Waals surface area contributed by atoms with Crippen LogP contribution >= 0.6 is 0 Å². The Morgan fingerprint density at radius 1 is 1.55 bits per heavy atom. The molecule has 1 aliphatic heterocycles. The lowest BCUT2D eigenvalue weighted by Crippen LogP contribution is -2.35. The van der Waals surface area contributed by atoms with Crippen LogP contribution in [-0.4, -0.2) is 17.9 Å². The molecule has 2 rings (SSSR count). The number of nitrogens with two attached hydrogens (primary N) is 1. The number of carbonyl (C=O) groups is 2. The molecule has 1 atom stereocenters. The van der Waals surface area contributed by atoms with Crippen LogP contribution in [0.2, 0.25) is 0 Å². The molecule has 6 heteroatoms. The first kappa shape index (κ1) is 14.0. The molecule has 1 aliphatic rings. The maximum Gasteiger partial charge on any atom is 0.242 e. The number of carbonyl (C=O) groups excluding carboxylic acids is 2. The van der Waals surface area contributed by atoms with Crippen LogP contribution in [0.3, 0.4) is 0 Å². The number of terminal acetylenes is 1. The van der Waals surface area contributed by atoms with Gasteiger partial charge in [0.1, 0.15) is 5.82 Å². The Kier molecular flexibility index (Phi) is 4.01. The molecule has 1 aromatic carbocycles. The van der Waals surface area contributed by atoms with Crippen molar-refractivity contribution in [1.82, 2.24) is 0 Å². The Morgan fingerprint density at radius 3 is 3.00 bits per heavy atom. The number of benzene rings is 1. The number of aryl methyl sites for hydroxylation is 1. The molecule has 0 bridgehead atoms. The molecule has 0 saturated heterocycles. The molecule has 0 spiro atoms. The lowest BCUT2D eigenvalue weighted by atomic mass is 10.0. The second kappa shape index (κ2) is 5.72. The predicted molar refractivity (Wildman–Crippen MR) is 73.4 cm³/mol. The normalized spacial score (nSPS) is 14.8. The first-order valence-corrected chi connectivity index (χ1v) is 6.13. The highest BCUT2D eigenvalue weighted by molar-refractivity contribution is 5.98. The highest BCUT2D eigenvalue weighted by Gasteiger charge is 2.20. The smallest absolute Gasteiger partial charge is 0.242 e. The second-order valence-corrected chi connectivity index (χ2v) is 4.54. The van der Waals surface area contributed by atoms with E-state index in [4.69, 9.17) is 12.2 Å². The molecule has 4 N–H and O–H groups in total. The number of rotatable bonds is 3. The molecule has 2 amide bonds. The number of hydrogen-bond donors (Lipinski definition) is 3. The van der Waals surface area contributed by atoms with E-state index in [1.807, 2.05) is 0 Å². The summed E-state index contributed by atoms with van der Waals surface area (Å²) in [6.07, 6.45) is 5.93. The van der Waals surface area contributed by atoms with Crippen molar-refractivity contribution in [3.05, 3.63) is 23.5 Å². The Hall–Kier alpha value is -2.39. The number of anilines is 2. The zero-order valence-electron chi connectivity index (χ0n) is 10.7. The van der Waals surface area contributed by atoms with Gasteiger partial charge in [-0.15, -0.1) is 12.3 Å². The maximum atomic E-state index is 13.9. The van der Waals surface area contributed by atoms with E-state index in [2.05, 4.69) is 16.6 Å². The van der Waals surface area contributed by atoms with Crippen LogP contribution in [0.4, 0.5) is 15.8 Å².